The second-order valence-electron chi connectivity index (χ2n) is 6.42. The fourth-order valence-electron chi connectivity index (χ4n) is 3.18. The molecule has 0 radical (unpaired) electrons. The van der Waals surface area contributed by atoms with E-state index in [0.29, 0.717) is 0 Å². The lowest BCUT2D eigenvalue weighted by molar-refractivity contribution is -0.144. The van der Waals surface area contributed by atoms with E-state index in [2.05, 4.69) is 9.80 Å². The molecule has 1 aliphatic heterocycles. The van der Waals surface area contributed by atoms with E-state index in [0.717, 1.165) is 43.2 Å². The summed E-state index contributed by atoms with van der Waals surface area (Å²) in [5.41, 5.74) is 1.60. The Morgan fingerprint density at radius 2 is 1.77 bits per heavy atom. The molecule has 1 aromatic carbocycles. The van der Waals surface area contributed by atoms with E-state index in [1.54, 1.807) is 12.1 Å². The van der Waals surface area contributed by atoms with Crippen LogP contribution < -0.4 is 0 Å². The third-order valence-corrected chi connectivity index (χ3v) is 4.70. The molecule has 2 fully saturated rings. The van der Waals surface area contributed by atoms with Crippen molar-refractivity contribution >= 4 is 5.97 Å². The molecule has 1 saturated heterocycles. The maximum absolute atomic E-state index is 11.7. The van der Waals surface area contributed by atoms with Gasteiger partial charge in [-0.05, 0) is 29.9 Å². The van der Waals surface area contributed by atoms with Gasteiger partial charge < -0.3 is 15.1 Å². The van der Waals surface area contributed by atoms with Gasteiger partial charge >= 0.3 is 5.97 Å². The fraction of sp³-hybridized carbons (Fsp3) is 0.588. The van der Waals surface area contributed by atoms with Gasteiger partial charge in [0.2, 0.25) is 0 Å². The maximum atomic E-state index is 11.7. The largest absolute Gasteiger partial charge is 0.480 e. The van der Waals surface area contributed by atoms with E-state index in [-0.39, 0.29) is 6.61 Å². The zero-order chi connectivity index (χ0) is 15.5. The molecular formula is C17H24N2O3. The highest BCUT2D eigenvalue weighted by atomic mass is 16.4. The summed E-state index contributed by atoms with van der Waals surface area (Å²) < 4.78 is 0. The van der Waals surface area contributed by atoms with Gasteiger partial charge in [-0.25, -0.2) is 0 Å². The second kappa shape index (κ2) is 6.77. The summed E-state index contributed by atoms with van der Waals surface area (Å²) in [7, 11) is 0. The molecule has 1 atom stereocenters. The van der Waals surface area contributed by atoms with Crippen molar-refractivity contribution < 1.29 is 15.0 Å². The average molecular weight is 304 g/mol. The maximum Gasteiger partial charge on any atom is 0.325 e. The summed E-state index contributed by atoms with van der Waals surface area (Å²) in [6.07, 6.45) is 2.71. The molecule has 0 aromatic heterocycles. The second-order valence-corrected chi connectivity index (χ2v) is 6.42. The van der Waals surface area contributed by atoms with Gasteiger partial charge in [0.1, 0.15) is 6.04 Å². The molecule has 1 unspecified atom stereocenters. The van der Waals surface area contributed by atoms with Gasteiger partial charge in [-0.2, -0.15) is 0 Å². The molecule has 0 amide bonds. The lowest BCUT2D eigenvalue weighted by atomic mass is 10.0. The van der Waals surface area contributed by atoms with Crippen LogP contribution in [0.4, 0.5) is 0 Å². The Bertz CT molecular complexity index is 505. The number of piperazine rings is 1. The van der Waals surface area contributed by atoms with Crippen molar-refractivity contribution in [1.82, 2.24) is 9.80 Å². The summed E-state index contributed by atoms with van der Waals surface area (Å²) in [6.45, 7) is 4.66. The number of aliphatic hydroxyl groups excluding tert-OH is 1. The van der Waals surface area contributed by atoms with Gasteiger partial charge in [-0.1, -0.05) is 24.3 Å². The Hall–Kier alpha value is -1.43. The van der Waals surface area contributed by atoms with E-state index < -0.39 is 12.0 Å². The number of aliphatic hydroxyl groups is 1. The number of carboxylic acids is 1. The summed E-state index contributed by atoms with van der Waals surface area (Å²) >= 11 is 0. The highest BCUT2D eigenvalue weighted by Gasteiger charge is 2.32. The average Bonchev–Trinajstić information content (AvgIpc) is 3.34. The zero-order valence-electron chi connectivity index (χ0n) is 12.8. The first-order valence-electron chi connectivity index (χ1n) is 8.06. The summed E-state index contributed by atoms with van der Waals surface area (Å²) in [6, 6.07) is 6.65. The quantitative estimate of drug-likeness (QED) is 0.830. The number of benzene rings is 1. The van der Waals surface area contributed by atoms with Crippen molar-refractivity contribution in [1.29, 1.82) is 0 Å². The van der Waals surface area contributed by atoms with Gasteiger partial charge in [0.25, 0.3) is 0 Å². The van der Waals surface area contributed by atoms with E-state index in [4.69, 9.17) is 5.11 Å². The lowest BCUT2D eigenvalue weighted by Crippen LogP contribution is -2.49. The smallest absolute Gasteiger partial charge is 0.325 e. The minimum atomic E-state index is -0.799. The molecule has 2 aliphatic rings. The Balaban J connectivity index is 1.64. The van der Waals surface area contributed by atoms with Crippen LogP contribution in [0.2, 0.25) is 0 Å². The normalized spacial score (nSPS) is 21.7. The van der Waals surface area contributed by atoms with Crippen molar-refractivity contribution in [2.24, 2.45) is 5.92 Å². The van der Waals surface area contributed by atoms with E-state index in [1.165, 1.54) is 19.4 Å². The number of hydrogen-bond acceptors (Lipinski definition) is 4. The molecule has 1 aromatic rings. The minimum absolute atomic E-state index is 0.0160. The van der Waals surface area contributed by atoms with Crippen LogP contribution in [0.5, 0.6) is 0 Å². The van der Waals surface area contributed by atoms with Crippen molar-refractivity contribution in [2.45, 2.75) is 25.5 Å². The molecule has 5 nitrogen and oxygen atoms in total. The van der Waals surface area contributed by atoms with Gasteiger partial charge in [-0.15, -0.1) is 0 Å². The van der Waals surface area contributed by atoms with Crippen LogP contribution in [-0.4, -0.2) is 58.7 Å². The molecule has 5 heteroatoms. The van der Waals surface area contributed by atoms with Crippen LogP contribution in [0, 0.1) is 5.92 Å². The minimum Gasteiger partial charge on any atom is -0.480 e. The molecular weight excluding hydrogens is 280 g/mol. The number of carbonyl (C=O) groups is 1. The van der Waals surface area contributed by atoms with Crippen LogP contribution >= 0.6 is 0 Å². The van der Waals surface area contributed by atoms with Gasteiger partial charge in [0.15, 0.2) is 0 Å². The molecule has 1 saturated carbocycles. The molecule has 22 heavy (non-hydrogen) atoms. The molecule has 0 spiro atoms. The molecule has 3 rings (SSSR count). The molecule has 1 heterocycles. The van der Waals surface area contributed by atoms with Crippen molar-refractivity contribution in [3.63, 3.8) is 0 Å². The van der Waals surface area contributed by atoms with Crippen LogP contribution in [0.15, 0.2) is 24.3 Å². The third kappa shape index (κ3) is 3.66. The Kier molecular flexibility index (Phi) is 4.76. The first-order chi connectivity index (χ1) is 10.7. The SMILES string of the molecule is O=C(O)C(c1ccc(CO)cc1)N1CCN(CC2CC2)CC1. The number of carboxylic acid groups (broad SMARTS) is 1. The van der Waals surface area contributed by atoms with Crippen LogP contribution in [0.25, 0.3) is 0 Å². The number of hydrogen-bond donors (Lipinski definition) is 2. The highest BCUT2D eigenvalue weighted by Crippen LogP contribution is 2.30. The highest BCUT2D eigenvalue weighted by molar-refractivity contribution is 5.75. The topological polar surface area (TPSA) is 64.0 Å². The predicted molar refractivity (Wildman–Crippen MR) is 83.5 cm³/mol. The van der Waals surface area contributed by atoms with Gasteiger partial charge in [-0.3, -0.25) is 9.69 Å². The number of nitrogens with zero attached hydrogens (tertiary/aromatic N) is 2. The van der Waals surface area contributed by atoms with Gasteiger partial charge in [0, 0.05) is 32.7 Å². The van der Waals surface area contributed by atoms with Crippen LogP contribution in [0.3, 0.4) is 0 Å². The molecule has 2 N–H and O–H groups in total. The summed E-state index contributed by atoms with van der Waals surface area (Å²) in [4.78, 5) is 16.2. The van der Waals surface area contributed by atoms with E-state index in [9.17, 15) is 9.90 Å². The standard InChI is InChI=1S/C17H24N2O3/c20-12-14-3-5-15(6-4-14)16(17(21)22)19-9-7-18(8-10-19)11-13-1-2-13/h3-6,13,16,20H,1-2,7-12H2,(H,21,22). The van der Waals surface area contributed by atoms with Crippen LogP contribution in [0.1, 0.15) is 30.0 Å². The molecule has 0 bridgehead atoms. The molecule has 120 valence electrons. The van der Waals surface area contributed by atoms with Gasteiger partial charge in [0.05, 0.1) is 6.61 Å². The summed E-state index contributed by atoms with van der Waals surface area (Å²) in [5.74, 6) is 0.0836. The number of aliphatic carboxylic acids is 1. The van der Waals surface area contributed by atoms with E-state index in [1.807, 2.05) is 12.1 Å². The predicted octanol–water partition coefficient (Wildman–Crippen LogP) is 1.33. The van der Waals surface area contributed by atoms with Crippen molar-refractivity contribution in [3.05, 3.63) is 35.4 Å². The lowest BCUT2D eigenvalue weighted by Gasteiger charge is -2.38. The zero-order valence-corrected chi connectivity index (χ0v) is 12.8. The van der Waals surface area contributed by atoms with Crippen molar-refractivity contribution in [3.8, 4) is 0 Å². The first-order valence-corrected chi connectivity index (χ1v) is 8.06. The fourth-order valence-corrected chi connectivity index (χ4v) is 3.18. The Morgan fingerprint density at radius 3 is 2.27 bits per heavy atom. The number of rotatable bonds is 6. The third-order valence-electron chi connectivity index (χ3n) is 4.70. The Morgan fingerprint density at radius 1 is 1.14 bits per heavy atom. The van der Waals surface area contributed by atoms with Crippen molar-refractivity contribution in [2.75, 3.05) is 32.7 Å². The Labute approximate surface area is 131 Å². The van der Waals surface area contributed by atoms with E-state index >= 15 is 0 Å². The monoisotopic (exact) mass is 304 g/mol. The summed E-state index contributed by atoms with van der Waals surface area (Å²) in [5, 5.41) is 18.7. The first kappa shape index (κ1) is 15.5. The molecule has 1 aliphatic carbocycles. The van der Waals surface area contributed by atoms with Crippen LogP contribution in [-0.2, 0) is 11.4 Å².